The van der Waals surface area contributed by atoms with Crippen LogP contribution < -0.4 is 5.32 Å². The molecule has 1 aromatic rings. The second-order valence-corrected chi connectivity index (χ2v) is 7.08. The van der Waals surface area contributed by atoms with E-state index in [2.05, 4.69) is 10.3 Å². The number of carbonyl (C=O) groups excluding carboxylic acids is 3. The standard InChI is InChI=1S/C18H18N4O3S/c1-11-6-4-5-7-12(11)20-14(23)10-26-13-8-9-19-16-15(13)17(24)22(3)18(25)21(16)2/h4-9,15H,10H2,1-3H3/p+1. The summed E-state index contributed by atoms with van der Waals surface area (Å²) in [6.07, 6.45) is 3.27. The molecule has 26 heavy (non-hydrogen) atoms. The van der Waals surface area contributed by atoms with E-state index in [1.807, 2.05) is 31.2 Å². The first-order valence-electron chi connectivity index (χ1n) is 8.04. The molecular formula is C18H19N4O3S+. The molecule has 0 aliphatic carbocycles. The molecule has 7 nitrogen and oxygen atoms in total. The van der Waals surface area contributed by atoms with Crippen molar-refractivity contribution >= 4 is 47.3 Å². The SMILES string of the molecule is Cc1ccccc1NC(=O)CSC1=CC=NC2=[N+](C)C(=O)N(C)C(=O)C12. The molecule has 0 saturated carbocycles. The van der Waals surface area contributed by atoms with Crippen LogP contribution >= 0.6 is 11.8 Å². The van der Waals surface area contributed by atoms with Crippen LogP contribution in [0, 0.1) is 12.8 Å². The fourth-order valence-corrected chi connectivity index (χ4v) is 3.69. The summed E-state index contributed by atoms with van der Waals surface area (Å²) in [4.78, 5) is 42.8. The highest BCUT2D eigenvalue weighted by atomic mass is 32.2. The number of nitrogens with one attached hydrogen (secondary N) is 1. The number of hydrogen-bond acceptors (Lipinski definition) is 5. The number of rotatable bonds is 4. The number of aliphatic imine (C=N–C) groups is 1. The van der Waals surface area contributed by atoms with Gasteiger partial charge in [-0.3, -0.25) is 9.59 Å². The Morgan fingerprint density at radius 3 is 2.81 bits per heavy atom. The van der Waals surface area contributed by atoms with E-state index in [1.165, 1.54) is 23.4 Å². The number of allylic oxidation sites excluding steroid dienone is 1. The molecule has 1 aromatic carbocycles. The summed E-state index contributed by atoms with van der Waals surface area (Å²) in [7, 11) is 3.03. The summed E-state index contributed by atoms with van der Waals surface area (Å²) in [5.41, 5.74) is 1.75. The molecule has 2 aliphatic rings. The highest BCUT2D eigenvalue weighted by Gasteiger charge is 2.47. The maximum atomic E-state index is 12.5. The first kappa shape index (κ1) is 18.1. The van der Waals surface area contributed by atoms with Gasteiger partial charge < -0.3 is 5.32 Å². The van der Waals surface area contributed by atoms with Gasteiger partial charge in [0.05, 0.1) is 19.8 Å². The molecule has 4 amide bonds. The van der Waals surface area contributed by atoms with Crippen molar-refractivity contribution < 1.29 is 19.0 Å². The van der Waals surface area contributed by atoms with Crippen LogP contribution in [0.25, 0.3) is 0 Å². The summed E-state index contributed by atoms with van der Waals surface area (Å²) < 4.78 is 1.36. The van der Waals surface area contributed by atoms with Crippen LogP contribution in [0.4, 0.5) is 10.5 Å². The van der Waals surface area contributed by atoms with Gasteiger partial charge in [-0.25, -0.2) is 4.79 Å². The van der Waals surface area contributed by atoms with Crippen LogP contribution in [0.2, 0.25) is 0 Å². The minimum absolute atomic E-state index is 0.157. The van der Waals surface area contributed by atoms with E-state index >= 15 is 0 Å². The Kier molecular flexibility index (Phi) is 5.03. The van der Waals surface area contributed by atoms with Crippen LogP contribution in [-0.2, 0) is 9.59 Å². The summed E-state index contributed by atoms with van der Waals surface area (Å²) >= 11 is 1.28. The summed E-state index contributed by atoms with van der Waals surface area (Å²) in [5, 5.41) is 2.87. The van der Waals surface area contributed by atoms with Gasteiger partial charge in [-0.1, -0.05) is 18.2 Å². The van der Waals surface area contributed by atoms with Gasteiger partial charge >= 0.3 is 11.9 Å². The van der Waals surface area contributed by atoms with E-state index in [0.29, 0.717) is 10.7 Å². The van der Waals surface area contributed by atoms with E-state index in [-0.39, 0.29) is 17.6 Å². The third kappa shape index (κ3) is 3.32. The molecule has 0 radical (unpaired) electrons. The number of carbonyl (C=O) groups is 3. The fourth-order valence-electron chi connectivity index (χ4n) is 2.79. The normalized spacial score (nSPS) is 19.4. The monoisotopic (exact) mass is 371 g/mol. The smallest absolute Gasteiger partial charge is 0.325 e. The molecular weight excluding hydrogens is 352 g/mol. The zero-order valence-electron chi connectivity index (χ0n) is 14.7. The molecule has 0 saturated heterocycles. The molecule has 2 aliphatic heterocycles. The lowest BCUT2D eigenvalue weighted by Gasteiger charge is -2.26. The number of dihydropyridines is 1. The van der Waals surface area contributed by atoms with Crippen LogP contribution in [0.1, 0.15) is 5.56 Å². The molecule has 2 heterocycles. The molecule has 3 rings (SSSR count). The van der Waals surface area contributed by atoms with Crippen LogP contribution in [-0.4, -0.2) is 59.2 Å². The lowest BCUT2D eigenvalue weighted by Crippen LogP contribution is -2.52. The Morgan fingerprint density at radius 2 is 2.08 bits per heavy atom. The van der Waals surface area contributed by atoms with Crippen molar-refractivity contribution in [2.45, 2.75) is 6.92 Å². The molecule has 0 fully saturated rings. The second kappa shape index (κ2) is 7.25. The third-order valence-corrected chi connectivity index (χ3v) is 5.38. The van der Waals surface area contributed by atoms with Gasteiger partial charge in [0, 0.05) is 10.6 Å². The van der Waals surface area contributed by atoms with E-state index < -0.39 is 11.9 Å². The first-order valence-corrected chi connectivity index (χ1v) is 9.03. The first-order chi connectivity index (χ1) is 12.4. The summed E-state index contributed by atoms with van der Waals surface area (Å²) in [5.74, 6) is -0.591. The maximum Gasteiger partial charge on any atom is 0.445 e. The van der Waals surface area contributed by atoms with Crippen molar-refractivity contribution in [2.75, 3.05) is 25.2 Å². The van der Waals surface area contributed by atoms with Crippen molar-refractivity contribution in [3.63, 3.8) is 0 Å². The van der Waals surface area contributed by atoms with Crippen LogP contribution in [0.5, 0.6) is 0 Å². The second-order valence-electron chi connectivity index (χ2n) is 6.03. The number of amidine groups is 1. The number of aryl methyl sites for hydroxylation is 1. The number of para-hydroxylation sites is 1. The zero-order chi connectivity index (χ0) is 18.8. The zero-order valence-corrected chi connectivity index (χ0v) is 15.5. The molecule has 8 heteroatoms. The Labute approximate surface area is 155 Å². The van der Waals surface area contributed by atoms with Crippen molar-refractivity contribution in [3.05, 3.63) is 40.8 Å². The lowest BCUT2D eigenvalue weighted by atomic mass is 10.0. The summed E-state index contributed by atoms with van der Waals surface area (Å²) in [6, 6.07) is 7.12. The largest absolute Gasteiger partial charge is 0.445 e. The van der Waals surface area contributed by atoms with E-state index in [4.69, 9.17) is 0 Å². The molecule has 0 spiro atoms. The number of benzene rings is 1. The number of imide groups is 1. The number of nitrogens with zero attached hydrogens (tertiary/aromatic N) is 3. The van der Waals surface area contributed by atoms with Gasteiger partial charge in [-0.2, -0.15) is 9.48 Å². The predicted molar refractivity (Wildman–Crippen MR) is 102 cm³/mol. The number of fused-ring (bicyclic) bond motifs is 1. The Bertz CT molecular complexity index is 888. The van der Waals surface area contributed by atoms with Gasteiger partial charge in [0.25, 0.3) is 5.84 Å². The highest BCUT2D eigenvalue weighted by Crippen LogP contribution is 2.31. The van der Waals surface area contributed by atoms with Gasteiger partial charge in [-0.15, -0.1) is 16.8 Å². The van der Waals surface area contributed by atoms with E-state index in [1.54, 1.807) is 19.3 Å². The predicted octanol–water partition coefficient (Wildman–Crippen LogP) is 1.88. The topological polar surface area (TPSA) is 81.8 Å². The van der Waals surface area contributed by atoms with Crippen molar-refractivity contribution in [1.29, 1.82) is 0 Å². The molecule has 0 bridgehead atoms. The van der Waals surface area contributed by atoms with E-state index in [9.17, 15) is 14.4 Å². The van der Waals surface area contributed by atoms with Crippen molar-refractivity contribution in [3.8, 4) is 0 Å². The average Bonchev–Trinajstić information content (AvgIpc) is 2.64. The minimum atomic E-state index is -0.649. The third-order valence-electron chi connectivity index (χ3n) is 4.27. The minimum Gasteiger partial charge on any atom is -0.325 e. The Balaban J connectivity index is 1.72. The van der Waals surface area contributed by atoms with Crippen molar-refractivity contribution in [1.82, 2.24) is 4.90 Å². The number of thioether (sulfide) groups is 1. The molecule has 1 N–H and O–H groups in total. The van der Waals surface area contributed by atoms with Crippen molar-refractivity contribution in [2.24, 2.45) is 10.9 Å². The summed E-state index contributed by atoms with van der Waals surface area (Å²) in [6.45, 7) is 1.92. The quantitative estimate of drug-likeness (QED) is 0.820. The van der Waals surface area contributed by atoms with Gasteiger partial charge in [0.15, 0.2) is 5.92 Å². The maximum absolute atomic E-state index is 12.5. The molecule has 0 aromatic heterocycles. The highest BCUT2D eigenvalue weighted by molar-refractivity contribution is 8.03. The van der Waals surface area contributed by atoms with Gasteiger partial charge in [-0.05, 0) is 24.6 Å². The Hall–Kier alpha value is -2.74. The molecule has 1 unspecified atom stereocenters. The number of urea groups is 1. The van der Waals surface area contributed by atoms with Gasteiger partial charge in [0.1, 0.15) is 6.21 Å². The average molecular weight is 371 g/mol. The number of amides is 4. The van der Waals surface area contributed by atoms with Gasteiger partial charge in [0.2, 0.25) is 5.91 Å². The van der Waals surface area contributed by atoms with E-state index in [0.717, 1.165) is 16.2 Å². The van der Waals surface area contributed by atoms with Crippen LogP contribution in [0.3, 0.4) is 0 Å². The molecule has 1 atom stereocenters. The van der Waals surface area contributed by atoms with Crippen LogP contribution in [0.15, 0.2) is 40.2 Å². The lowest BCUT2D eigenvalue weighted by molar-refractivity contribution is -0.407. The molecule has 134 valence electrons. The number of anilines is 1. The Morgan fingerprint density at radius 1 is 1.35 bits per heavy atom. The fraction of sp³-hybridized carbons (Fsp3) is 0.278. The number of hydrogen-bond donors (Lipinski definition) is 1.